The van der Waals surface area contributed by atoms with Gasteiger partial charge in [-0.05, 0) is 100 Å². The number of nitrogens with zero attached hydrogens (tertiary/aromatic N) is 4. The van der Waals surface area contributed by atoms with E-state index in [-0.39, 0.29) is 68.2 Å². The Morgan fingerprint density at radius 3 is 1.58 bits per heavy atom. The van der Waals surface area contributed by atoms with Crippen molar-refractivity contribution in [3.05, 3.63) is 140 Å². The van der Waals surface area contributed by atoms with Gasteiger partial charge in [0.25, 0.3) is 11.4 Å². The summed E-state index contributed by atoms with van der Waals surface area (Å²) in [4.78, 5) is 73.6. The lowest BCUT2D eigenvalue weighted by Crippen LogP contribution is -2.60. The molecule has 18 heteroatoms. The minimum atomic E-state index is -4.04. The highest BCUT2D eigenvalue weighted by molar-refractivity contribution is 6.57. The van der Waals surface area contributed by atoms with Crippen LogP contribution in [0.25, 0.3) is 12.2 Å². The predicted molar refractivity (Wildman–Crippen MR) is 250 cm³/mol. The average Bonchev–Trinajstić information content (AvgIpc) is 3.58. The molecule has 2 amide bonds. The number of rotatable bonds is 17. The maximum absolute atomic E-state index is 13.2. The van der Waals surface area contributed by atoms with E-state index in [1.807, 2.05) is 72.8 Å². The molecule has 2 spiro atoms. The van der Waals surface area contributed by atoms with Crippen LogP contribution in [0, 0.1) is 20.2 Å². The fraction of sp³-hybridized carbons (Fsp3) is 0.375. The largest absolute Gasteiger partial charge is 0.495 e. The van der Waals surface area contributed by atoms with Gasteiger partial charge in [-0.1, -0.05) is 36.4 Å². The number of carbonyl (C=O) groups excluding carboxylic acids is 2. The predicted octanol–water partition coefficient (Wildman–Crippen LogP) is 6.74. The van der Waals surface area contributed by atoms with Crippen molar-refractivity contribution < 1.29 is 42.9 Å². The Labute approximate surface area is 383 Å². The van der Waals surface area contributed by atoms with Gasteiger partial charge in [0, 0.05) is 98.4 Å². The zero-order valence-corrected chi connectivity index (χ0v) is 38.3. The van der Waals surface area contributed by atoms with E-state index < -0.39 is 40.9 Å². The molecule has 4 aromatic rings. The van der Waals surface area contributed by atoms with Gasteiger partial charge < -0.3 is 43.9 Å². The molecular weight excluding hydrogens is 865 g/mol. The molecule has 2 unspecified atom stereocenters. The van der Waals surface area contributed by atoms with E-state index in [9.17, 15) is 39.4 Å². The van der Waals surface area contributed by atoms with Crippen LogP contribution in [0.15, 0.2) is 97.1 Å². The first-order valence-corrected chi connectivity index (χ1v) is 24.1. The summed E-state index contributed by atoms with van der Waals surface area (Å²) in [5, 5.41) is 28.6. The molecule has 4 heterocycles. The topological polar surface area (TPSA) is 219 Å². The number of non-ortho nitro benzene ring substituents is 2. The number of nitro benzene ring substituents is 2. The Kier molecular flexibility index (Phi) is 12.3. The van der Waals surface area contributed by atoms with Gasteiger partial charge in [-0.2, -0.15) is 0 Å². The molecule has 0 fully saturated rings. The summed E-state index contributed by atoms with van der Waals surface area (Å²) in [5.74, 6) is 0.584. The standard InChI is InChI=1S/C48H54N6O11Si/c1-45(2)37-11-5-7-13-39(37)51(47(45)23-19-33-31-35(53(57)58)15-17-41(33)64-47)27-21-43(55)49-25-9-29-63-66(61,62)30-10-26-50-44(56)22-28-52-40-14-8-6-12-38(40)46(3,4)48(52)24-20-34-32-36(54(59)60)16-18-42(34)65-48/h5-8,11-20,23-24,31-32,61-62H,9-10,21-22,25-30H2,1-4H3,(H,49,55)(H,50,56). The van der Waals surface area contributed by atoms with Crippen molar-refractivity contribution in [2.24, 2.45) is 0 Å². The first-order valence-electron chi connectivity index (χ1n) is 22.1. The van der Waals surface area contributed by atoms with Crippen LogP contribution in [0.3, 0.4) is 0 Å². The van der Waals surface area contributed by atoms with Gasteiger partial charge in [0.2, 0.25) is 23.3 Å². The molecule has 0 saturated carbocycles. The number of hydrogen-bond acceptors (Lipinski definition) is 13. The van der Waals surface area contributed by atoms with Crippen molar-refractivity contribution in [3.63, 3.8) is 0 Å². The van der Waals surface area contributed by atoms with Crippen LogP contribution in [0.1, 0.15) is 75.6 Å². The fourth-order valence-corrected chi connectivity index (χ4v) is 11.0. The van der Waals surface area contributed by atoms with Gasteiger partial charge in [0.05, 0.1) is 20.7 Å². The van der Waals surface area contributed by atoms with Gasteiger partial charge in [-0.3, -0.25) is 29.8 Å². The summed E-state index contributed by atoms with van der Waals surface area (Å²) < 4.78 is 18.9. The van der Waals surface area contributed by atoms with E-state index in [0.29, 0.717) is 42.1 Å². The lowest BCUT2D eigenvalue weighted by molar-refractivity contribution is -0.385. The second-order valence-corrected chi connectivity index (χ2v) is 20.3. The van der Waals surface area contributed by atoms with Crippen LogP contribution in [0.5, 0.6) is 11.5 Å². The summed E-state index contributed by atoms with van der Waals surface area (Å²) in [6.07, 6.45) is 8.39. The minimum absolute atomic E-state index is 0.0200. The maximum atomic E-state index is 13.2. The van der Waals surface area contributed by atoms with Crippen LogP contribution in [0.2, 0.25) is 6.04 Å². The van der Waals surface area contributed by atoms with Crippen molar-refractivity contribution in [1.29, 1.82) is 0 Å². The zero-order valence-electron chi connectivity index (χ0n) is 37.3. The number of hydrogen-bond donors (Lipinski definition) is 4. The minimum Gasteiger partial charge on any atom is -0.463 e. The molecular formula is C48H54N6O11Si. The Morgan fingerprint density at radius 2 is 1.12 bits per heavy atom. The summed E-state index contributed by atoms with van der Waals surface area (Å²) in [6, 6.07) is 24.8. The second-order valence-electron chi connectivity index (χ2n) is 18.1. The first kappa shape index (κ1) is 45.9. The lowest BCUT2D eigenvalue weighted by Gasteiger charge is -2.47. The molecule has 4 aliphatic heterocycles. The molecule has 346 valence electrons. The molecule has 4 aromatic carbocycles. The Hall–Kier alpha value is -6.60. The maximum Gasteiger partial charge on any atom is 0.495 e. The van der Waals surface area contributed by atoms with E-state index >= 15 is 0 Å². The summed E-state index contributed by atoms with van der Waals surface area (Å²) in [6.45, 7) is 9.40. The molecule has 0 aliphatic carbocycles. The number of fused-ring (bicyclic) bond motifs is 4. The third-order valence-electron chi connectivity index (χ3n) is 13.3. The number of ether oxygens (including phenoxy) is 2. The van der Waals surface area contributed by atoms with E-state index in [0.717, 1.165) is 22.5 Å². The molecule has 0 radical (unpaired) electrons. The Bertz CT molecular complexity index is 2630. The molecule has 0 saturated heterocycles. The molecule has 8 rings (SSSR count). The molecule has 2 atom stereocenters. The number of nitro groups is 2. The van der Waals surface area contributed by atoms with Gasteiger partial charge in [-0.15, -0.1) is 0 Å². The van der Waals surface area contributed by atoms with Crippen molar-refractivity contribution in [2.45, 2.75) is 81.7 Å². The van der Waals surface area contributed by atoms with Crippen LogP contribution < -0.4 is 29.9 Å². The second kappa shape index (κ2) is 17.7. The number of para-hydroxylation sites is 2. The molecule has 0 aromatic heterocycles. The third-order valence-corrected chi connectivity index (χ3v) is 15.0. The normalized spacial score (nSPS) is 20.2. The average molecular weight is 919 g/mol. The molecule has 4 aliphatic rings. The van der Waals surface area contributed by atoms with Crippen LogP contribution in [0.4, 0.5) is 22.7 Å². The molecule has 66 heavy (non-hydrogen) atoms. The van der Waals surface area contributed by atoms with E-state index in [1.54, 1.807) is 12.1 Å². The smallest absolute Gasteiger partial charge is 0.463 e. The van der Waals surface area contributed by atoms with E-state index in [4.69, 9.17) is 13.9 Å². The number of benzene rings is 4. The van der Waals surface area contributed by atoms with E-state index in [2.05, 4.69) is 48.1 Å². The highest BCUT2D eigenvalue weighted by atomic mass is 28.4. The van der Waals surface area contributed by atoms with Gasteiger partial charge in [-0.25, -0.2) is 0 Å². The molecule has 0 bridgehead atoms. The number of amides is 2. The van der Waals surface area contributed by atoms with Crippen LogP contribution >= 0.6 is 0 Å². The molecule has 4 N–H and O–H groups in total. The highest BCUT2D eigenvalue weighted by Crippen LogP contribution is 2.56. The monoisotopic (exact) mass is 918 g/mol. The third kappa shape index (κ3) is 8.29. The number of carbonyl (C=O) groups is 2. The van der Waals surface area contributed by atoms with E-state index in [1.165, 1.54) is 24.3 Å². The van der Waals surface area contributed by atoms with Crippen molar-refractivity contribution >= 4 is 55.5 Å². The SMILES string of the molecule is CC1(C)c2ccccc2N(CCC(=O)NCCCO[Si](O)(O)CCCNC(=O)CCN2c3ccccc3C(C)(C)C23C=Cc2cc([N+](=O)[O-])ccc2O3)C12C=Cc1cc([N+](=O)[O-])ccc1O2. The quantitative estimate of drug-likeness (QED) is 0.0374. The van der Waals surface area contributed by atoms with Gasteiger partial charge >= 0.3 is 8.80 Å². The van der Waals surface area contributed by atoms with Crippen LogP contribution in [-0.4, -0.2) is 84.3 Å². The Morgan fingerprint density at radius 1 is 0.682 bits per heavy atom. The number of nitrogens with one attached hydrogen (secondary N) is 2. The van der Waals surface area contributed by atoms with Gasteiger partial charge in [0.1, 0.15) is 11.5 Å². The summed E-state index contributed by atoms with van der Waals surface area (Å²) in [7, 11) is -4.04. The first-order chi connectivity index (χ1) is 31.4. The van der Waals surface area contributed by atoms with Crippen molar-refractivity contribution in [3.8, 4) is 11.5 Å². The summed E-state index contributed by atoms with van der Waals surface area (Å²) >= 11 is 0. The molecule has 17 nitrogen and oxygen atoms in total. The highest BCUT2D eigenvalue weighted by Gasteiger charge is 2.60. The fourth-order valence-electron chi connectivity index (χ4n) is 9.74. The zero-order chi connectivity index (χ0) is 47.1. The van der Waals surface area contributed by atoms with Crippen molar-refractivity contribution in [2.75, 3.05) is 42.6 Å². The Balaban J connectivity index is 0.775. The van der Waals surface area contributed by atoms with Crippen LogP contribution in [-0.2, 0) is 24.8 Å². The number of anilines is 2. The van der Waals surface area contributed by atoms with Gasteiger partial charge in [0.15, 0.2) is 0 Å². The lowest BCUT2D eigenvalue weighted by atomic mass is 9.76. The summed E-state index contributed by atoms with van der Waals surface area (Å²) in [5.41, 5.74) is 1.94. The van der Waals surface area contributed by atoms with Crippen molar-refractivity contribution in [1.82, 2.24) is 10.6 Å².